The summed E-state index contributed by atoms with van der Waals surface area (Å²) in [7, 11) is 1.87. The standard InChI is InChI=1S/C24H26FN5O/c1-17-11-18(19-14-26-16-27-15-19)12-22(28-17)23-7-4-9-30(23)24(31)8-10-29(2)21-6-3-5-20(25)13-21/h3,5-6,11-16,23H,4,7-10H2,1-2H3/t23-/m0/s1. The van der Waals surface area contributed by atoms with E-state index in [0.717, 1.165) is 47.6 Å². The number of aromatic nitrogens is 3. The van der Waals surface area contributed by atoms with Gasteiger partial charge in [0, 0.05) is 55.9 Å². The third kappa shape index (κ3) is 4.87. The number of carbonyl (C=O) groups is 1. The summed E-state index contributed by atoms with van der Waals surface area (Å²) in [6.07, 6.45) is 7.30. The van der Waals surface area contributed by atoms with Gasteiger partial charge in [0.05, 0.1) is 11.7 Å². The van der Waals surface area contributed by atoms with Crippen LogP contribution in [0.15, 0.2) is 55.1 Å². The largest absolute Gasteiger partial charge is 0.374 e. The molecule has 0 bridgehead atoms. The molecule has 0 aliphatic carbocycles. The van der Waals surface area contributed by atoms with Crippen LogP contribution in [0.1, 0.15) is 36.7 Å². The number of aryl methyl sites for hydroxylation is 1. The number of hydrogen-bond acceptors (Lipinski definition) is 5. The van der Waals surface area contributed by atoms with Gasteiger partial charge in [0.2, 0.25) is 5.91 Å². The van der Waals surface area contributed by atoms with Gasteiger partial charge in [0.1, 0.15) is 12.1 Å². The fraction of sp³-hybridized carbons (Fsp3) is 0.333. The quantitative estimate of drug-likeness (QED) is 0.600. The van der Waals surface area contributed by atoms with E-state index in [1.807, 2.05) is 42.0 Å². The van der Waals surface area contributed by atoms with Crippen LogP contribution in [0, 0.1) is 12.7 Å². The monoisotopic (exact) mass is 419 g/mol. The van der Waals surface area contributed by atoms with Crippen molar-refractivity contribution in [2.45, 2.75) is 32.2 Å². The normalized spacial score (nSPS) is 15.8. The maximum Gasteiger partial charge on any atom is 0.224 e. The molecule has 3 aromatic rings. The number of halogens is 1. The molecule has 6 nitrogen and oxygen atoms in total. The Labute approximate surface area is 181 Å². The summed E-state index contributed by atoms with van der Waals surface area (Å²) in [5.74, 6) is -0.181. The topological polar surface area (TPSA) is 62.2 Å². The first-order chi connectivity index (χ1) is 15.0. The van der Waals surface area contributed by atoms with E-state index in [-0.39, 0.29) is 17.8 Å². The number of rotatable bonds is 6. The zero-order valence-electron chi connectivity index (χ0n) is 17.8. The summed E-state index contributed by atoms with van der Waals surface area (Å²) >= 11 is 0. The zero-order chi connectivity index (χ0) is 21.8. The van der Waals surface area contributed by atoms with Crippen molar-refractivity contribution in [2.75, 3.05) is 25.0 Å². The highest BCUT2D eigenvalue weighted by Gasteiger charge is 2.31. The molecule has 160 valence electrons. The minimum atomic E-state index is -0.277. The number of benzene rings is 1. The predicted molar refractivity (Wildman–Crippen MR) is 118 cm³/mol. The van der Waals surface area contributed by atoms with Crippen molar-refractivity contribution in [1.29, 1.82) is 0 Å². The molecule has 1 aromatic carbocycles. The van der Waals surface area contributed by atoms with E-state index in [0.29, 0.717) is 13.0 Å². The van der Waals surface area contributed by atoms with Crippen LogP contribution in [-0.4, -0.2) is 45.9 Å². The van der Waals surface area contributed by atoms with Gasteiger partial charge in [-0.05, 0) is 55.7 Å². The summed E-state index contributed by atoms with van der Waals surface area (Å²) < 4.78 is 13.5. The summed E-state index contributed by atoms with van der Waals surface area (Å²) in [4.78, 5) is 29.8. The average Bonchev–Trinajstić information content (AvgIpc) is 3.27. The van der Waals surface area contributed by atoms with Gasteiger partial charge >= 0.3 is 0 Å². The molecule has 3 heterocycles. The number of hydrogen-bond donors (Lipinski definition) is 0. The number of pyridine rings is 1. The molecule has 2 aromatic heterocycles. The van der Waals surface area contributed by atoms with E-state index >= 15 is 0 Å². The maximum atomic E-state index is 13.5. The van der Waals surface area contributed by atoms with E-state index < -0.39 is 0 Å². The average molecular weight is 420 g/mol. The Bertz CT molecular complexity index is 1060. The Hall–Kier alpha value is -3.35. The Kier molecular flexibility index (Phi) is 6.21. The van der Waals surface area contributed by atoms with E-state index in [9.17, 15) is 9.18 Å². The lowest BCUT2D eigenvalue weighted by molar-refractivity contribution is -0.132. The van der Waals surface area contributed by atoms with E-state index in [1.165, 1.54) is 18.5 Å². The van der Waals surface area contributed by atoms with Gasteiger partial charge < -0.3 is 9.80 Å². The molecule has 1 saturated heterocycles. The molecule has 0 N–H and O–H groups in total. The molecule has 1 aliphatic rings. The van der Waals surface area contributed by atoms with Crippen molar-refractivity contribution >= 4 is 11.6 Å². The molecule has 0 saturated carbocycles. The minimum absolute atomic E-state index is 0.0322. The predicted octanol–water partition coefficient (Wildman–Crippen LogP) is 4.18. The number of nitrogens with zero attached hydrogens (tertiary/aromatic N) is 5. The Balaban J connectivity index is 1.47. The van der Waals surface area contributed by atoms with Crippen LogP contribution in [0.2, 0.25) is 0 Å². The summed E-state index contributed by atoms with van der Waals surface area (Å²) in [5.41, 5.74) is 4.51. The number of carbonyl (C=O) groups excluding carboxylic acids is 1. The van der Waals surface area contributed by atoms with Gasteiger partial charge in [0.15, 0.2) is 0 Å². The Morgan fingerprint density at radius 3 is 2.77 bits per heavy atom. The van der Waals surface area contributed by atoms with Crippen LogP contribution in [-0.2, 0) is 4.79 Å². The SMILES string of the molecule is Cc1cc(-c2cncnc2)cc([C@@H]2CCCN2C(=O)CCN(C)c2cccc(F)c2)n1. The highest BCUT2D eigenvalue weighted by Crippen LogP contribution is 2.33. The lowest BCUT2D eigenvalue weighted by Crippen LogP contribution is -2.33. The first-order valence-electron chi connectivity index (χ1n) is 10.5. The van der Waals surface area contributed by atoms with Gasteiger partial charge in [-0.3, -0.25) is 9.78 Å². The second-order valence-corrected chi connectivity index (χ2v) is 7.95. The fourth-order valence-electron chi connectivity index (χ4n) is 4.10. The third-order valence-corrected chi connectivity index (χ3v) is 5.69. The lowest BCUT2D eigenvalue weighted by atomic mass is 10.0. The second kappa shape index (κ2) is 9.20. The molecular weight excluding hydrogens is 393 g/mol. The van der Waals surface area contributed by atoms with Crippen molar-refractivity contribution in [3.8, 4) is 11.1 Å². The van der Waals surface area contributed by atoms with Gasteiger partial charge in [-0.15, -0.1) is 0 Å². The van der Waals surface area contributed by atoms with Crippen molar-refractivity contribution in [3.05, 3.63) is 72.3 Å². The Morgan fingerprint density at radius 2 is 2.00 bits per heavy atom. The molecule has 0 radical (unpaired) electrons. The van der Waals surface area contributed by atoms with Crippen LogP contribution in [0.5, 0.6) is 0 Å². The number of anilines is 1. The molecule has 1 aliphatic heterocycles. The molecule has 0 unspecified atom stereocenters. The maximum absolute atomic E-state index is 13.5. The highest BCUT2D eigenvalue weighted by atomic mass is 19.1. The summed E-state index contributed by atoms with van der Waals surface area (Å²) in [5, 5.41) is 0. The van der Waals surface area contributed by atoms with Crippen LogP contribution in [0.3, 0.4) is 0 Å². The van der Waals surface area contributed by atoms with Gasteiger partial charge in [0.25, 0.3) is 0 Å². The minimum Gasteiger partial charge on any atom is -0.374 e. The van der Waals surface area contributed by atoms with Crippen molar-refractivity contribution in [3.63, 3.8) is 0 Å². The first-order valence-corrected chi connectivity index (χ1v) is 10.5. The first kappa shape index (κ1) is 20.9. The smallest absolute Gasteiger partial charge is 0.224 e. The van der Waals surface area contributed by atoms with Crippen molar-refractivity contribution in [1.82, 2.24) is 19.9 Å². The molecule has 7 heteroatoms. The summed E-state index contributed by atoms with van der Waals surface area (Å²) in [6.45, 7) is 3.22. The molecule has 4 rings (SSSR count). The van der Waals surface area contributed by atoms with Gasteiger partial charge in [-0.25, -0.2) is 14.4 Å². The third-order valence-electron chi connectivity index (χ3n) is 5.69. The number of likely N-dealkylation sites (tertiary alicyclic amines) is 1. The van der Waals surface area contributed by atoms with E-state index in [4.69, 9.17) is 4.98 Å². The molecule has 1 atom stereocenters. The van der Waals surface area contributed by atoms with Crippen molar-refractivity contribution < 1.29 is 9.18 Å². The summed E-state index contributed by atoms with van der Waals surface area (Å²) in [6, 6.07) is 10.4. The molecule has 0 spiro atoms. The molecule has 31 heavy (non-hydrogen) atoms. The lowest BCUT2D eigenvalue weighted by Gasteiger charge is -2.26. The highest BCUT2D eigenvalue weighted by molar-refractivity contribution is 5.77. The fourth-order valence-corrected chi connectivity index (χ4v) is 4.10. The number of amides is 1. The van der Waals surface area contributed by atoms with Crippen LogP contribution in [0.4, 0.5) is 10.1 Å². The Morgan fingerprint density at radius 1 is 1.19 bits per heavy atom. The van der Waals surface area contributed by atoms with Gasteiger partial charge in [-0.2, -0.15) is 0 Å². The molecule has 1 fully saturated rings. The van der Waals surface area contributed by atoms with Crippen LogP contribution < -0.4 is 4.90 Å². The van der Waals surface area contributed by atoms with Crippen molar-refractivity contribution in [2.24, 2.45) is 0 Å². The van der Waals surface area contributed by atoms with E-state index in [2.05, 4.69) is 9.97 Å². The molecule has 1 amide bonds. The van der Waals surface area contributed by atoms with Crippen LogP contribution in [0.25, 0.3) is 11.1 Å². The van der Waals surface area contributed by atoms with Crippen LogP contribution >= 0.6 is 0 Å². The molecular formula is C24H26FN5O. The van der Waals surface area contributed by atoms with Gasteiger partial charge in [-0.1, -0.05) is 6.07 Å². The second-order valence-electron chi connectivity index (χ2n) is 7.95. The zero-order valence-corrected chi connectivity index (χ0v) is 17.8. The van der Waals surface area contributed by atoms with E-state index in [1.54, 1.807) is 18.5 Å².